The molecule has 1 aromatic heterocycles. The zero-order valence-electron chi connectivity index (χ0n) is 16.3. The van der Waals surface area contributed by atoms with Crippen LogP contribution in [0.1, 0.15) is 43.6 Å². The van der Waals surface area contributed by atoms with Crippen LogP contribution in [0.3, 0.4) is 0 Å². The predicted molar refractivity (Wildman–Crippen MR) is 128 cm³/mol. The first kappa shape index (κ1) is 22.3. The molecule has 29 heavy (non-hydrogen) atoms. The highest BCUT2D eigenvalue weighted by molar-refractivity contribution is 8.93. The molecule has 1 aliphatic carbocycles. The molecular formula is C23H26BrClN2OS. The zero-order valence-corrected chi connectivity index (χ0v) is 19.5. The molecule has 6 heteroatoms. The summed E-state index contributed by atoms with van der Waals surface area (Å²) in [6.07, 6.45) is 6.70. The number of nitrogens with zero attached hydrogens (tertiary/aromatic N) is 2. The number of aliphatic hydroxyl groups is 1. The fraction of sp³-hybridized carbons (Fsp3) is 0.348. The van der Waals surface area contributed by atoms with Crippen LogP contribution >= 0.6 is 39.9 Å². The molecule has 0 aliphatic heterocycles. The largest absolute Gasteiger partial charge is 0.395 e. The summed E-state index contributed by atoms with van der Waals surface area (Å²) in [6, 6.07) is 16.5. The molecule has 3 nitrogen and oxygen atoms in total. The Labute approximate surface area is 191 Å². The summed E-state index contributed by atoms with van der Waals surface area (Å²) in [5.41, 5.74) is 4.53. The predicted octanol–water partition coefficient (Wildman–Crippen LogP) is 6.72. The first-order valence-corrected chi connectivity index (χ1v) is 11.2. The third-order valence-electron chi connectivity index (χ3n) is 5.44. The van der Waals surface area contributed by atoms with E-state index in [1.807, 2.05) is 24.3 Å². The van der Waals surface area contributed by atoms with E-state index in [1.165, 1.54) is 37.7 Å². The lowest BCUT2D eigenvalue weighted by Crippen LogP contribution is -2.17. The van der Waals surface area contributed by atoms with Crippen molar-refractivity contribution in [3.05, 3.63) is 69.3 Å². The summed E-state index contributed by atoms with van der Waals surface area (Å²) < 4.78 is 2.08. The number of aromatic nitrogens is 1. The fourth-order valence-corrected chi connectivity index (χ4v) is 5.12. The van der Waals surface area contributed by atoms with Gasteiger partial charge >= 0.3 is 0 Å². The van der Waals surface area contributed by atoms with E-state index in [1.54, 1.807) is 11.3 Å². The first-order valence-electron chi connectivity index (χ1n) is 9.94. The van der Waals surface area contributed by atoms with Gasteiger partial charge in [-0.2, -0.15) is 0 Å². The van der Waals surface area contributed by atoms with Gasteiger partial charge in [-0.1, -0.05) is 61.2 Å². The Morgan fingerprint density at radius 3 is 2.52 bits per heavy atom. The van der Waals surface area contributed by atoms with Crippen molar-refractivity contribution < 1.29 is 5.11 Å². The Morgan fingerprint density at radius 2 is 1.83 bits per heavy atom. The first-order chi connectivity index (χ1) is 13.7. The minimum atomic E-state index is 0. The molecule has 0 atom stereocenters. The van der Waals surface area contributed by atoms with Gasteiger partial charge in [0.1, 0.15) is 0 Å². The summed E-state index contributed by atoms with van der Waals surface area (Å²) in [7, 11) is 0. The van der Waals surface area contributed by atoms with Crippen molar-refractivity contribution in [1.29, 1.82) is 0 Å². The number of rotatable bonds is 5. The van der Waals surface area contributed by atoms with Gasteiger partial charge in [0, 0.05) is 16.9 Å². The van der Waals surface area contributed by atoms with Crippen molar-refractivity contribution in [3.63, 3.8) is 0 Å². The van der Waals surface area contributed by atoms with Crippen LogP contribution in [0.15, 0.2) is 58.9 Å². The molecule has 0 unspecified atom stereocenters. The lowest BCUT2D eigenvalue weighted by molar-refractivity contribution is 0.275. The van der Waals surface area contributed by atoms with E-state index in [0.717, 1.165) is 21.7 Å². The fourth-order valence-electron chi connectivity index (χ4n) is 3.98. The van der Waals surface area contributed by atoms with Crippen molar-refractivity contribution in [2.75, 3.05) is 6.61 Å². The maximum Gasteiger partial charge on any atom is 0.190 e. The maximum absolute atomic E-state index is 9.58. The van der Waals surface area contributed by atoms with E-state index in [9.17, 15) is 5.11 Å². The lowest BCUT2D eigenvalue weighted by atomic mass is 9.84. The van der Waals surface area contributed by atoms with Gasteiger partial charge in [0.2, 0.25) is 0 Å². The van der Waals surface area contributed by atoms with Gasteiger partial charge in [-0.15, -0.1) is 28.3 Å². The summed E-state index contributed by atoms with van der Waals surface area (Å²) >= 11 is 7.67. The molecule has 1 N–H and O–H groups in total. The number of hydrogen-bond acceptors (Lipinski definition) is 3. The number of halogens is 2. The van der Waals surface area contributed by atoms with Crippen molar-refractivity contribution in [1.82, 2.24) is 4.57 Å². The van der Waals surface area contributed by atoms with Gasteiger partial charge in [-0.05, 0) is 48.1 Å². The standard InChI is InChI=1S/C23H25ClN2OS.BrH/c24-20-7-4-8-21(15-20)25-23-26(13-14-27)22(16-28-23)19-11-9-18(10-12-19)17-5-2-1-3-6-17;/h4,7-12,15-17,27H,1-3,5-6,13-14H2;1H. The minimum absolute atomic E-state index is 0. The SMILES string of the molecule is Br.OCCn1c(-c2ccc(C3CCCCC3)cc2)csc1=Nc1cccc(Cl)c1. The summed E-state index contributed by atoms with van der Waals surface area (Å²) in [5.74, 6) is 0.711. The van der Waals surface area contributed by atoms with Crippen molar-refractivity contribution in [3.8, 4) is 11.3 Å². The third-order valence-corrected chi connectivity index (χ3v) is 6.54. The normalized spacial score (nSPS) is 15.3. The molecule has 154 valence electrons. The van der Waals surface area contributed by atoms with E-state index < -0.39 is 0 Å². The molecule has 1 heterocycles. The van der Waals surface area contributed by atoms with E-state index in [2.05, 4.69) is 34.2 Å². The number of aliphatic hydroxyl groups excluding tert-OH is 1. The summed E-state index contributed by atoms with van der Waals surface area (Å²) in [5, 5.41) is 12.4. The van der Waals surface area contributed by atoms with Crippen LogP contribution in [0.4, 0.5) is 5.69 Å². The van der Waals surface area contributed by atoms with Crippen LogP contribution < -0.4 is 4.80 Å². The van der Waals surface area contributed by atoms with Gasteiger partial charge in [0.25, 0.3) is 0 Å². The molecule has 0 amide bonds. The summed E-state index contributed by atoms with van der Waals surface area (Å²) in [6.45, 7) is 0.592. The van der Waals surface area contributed by atoms with E-state index in [0.29, 0.717) is 17.5 Å². The van der Waals surface area contributed by atoms with Gasteiger partial charge < -0.3 is 9.67 Å². The molecule has 0 saturated heterocycles. The highest BCUT2D eigenvalue weighted by Crippen LogP contribution is 2.33. The Kier molecular flexibility index (Phi) is 8.13. The molecule has 0 bridgehead atoms. The third kappa shape index (κ3) is 5.40. The second-order valence-electron chi connectivity index (χ2n) is 7.33. The topological polar surface area (TPSA) is 37.5 Å². The monoisotopic (exact) mass is 492 g/mol. The van der Waals surface area contributed by atoms with Crippen LogP contribution in [-0.4, -0.2) is 16.3 Å². The van der Waals surface area contributed by atoms with Crippen LogP contribution in [0.2, 0.25) is 5.02 Å². The average molecular weight is 494 g/mol. The van der Waals surface area contributed by atoms with Crippen molar-refractivity contribution >= 4 is 45.6 Å². The molecule has 4 rings (SSSR count). The van der Waals surface area contributed by atoms with Gasteiger partial charge in [-0.3, -0.25) is 0 Å². The van der Waals surface area contributed by atoms with Gasteiger partial charge in [-0.25, -0.2) is 4.99 Å². The second-order valence-corrected chi connectivity index (χ2v) is 8.60. The van der Waals surface area contributed by atoms with Crippen molar-refractivity contribution in [2.45, 2.75) is 44.6 Å². The number of thiazole rings is 1. The Morgan fingerprint density at radius 1 is 1.07 bits per heavy atom. The quantitative estimate of drug-likeness (QED) is 0.421. The summed E-state index contributed by atoms with van der Waals surface area (Å²) in [4.78, 5) is 5.61. The number of benzene rings is 2. The van der Waals surface area contributed by atoms with Crippen LogP contribution in [-0.2, 0) is 6.54 Å². The van der Waals surface area contributed by atoms with E-state index in [4.69, 9.17) is 16.6 Å². The smallest absolute Gasteiger partial charge is 0.190 e. The number of hydrogen-bond donors (Lipinski definition) is 1. The Bertz CT molecular complexity index is 991. The van der Waals surface area contributed by atoms with Crippen LogP contribution in [0, 0.1) is 0 Å². The van der Waals surface area contributed by atoms with Crippen LogP contribution in [0.5, 0.6) is 0 Å². The van der Waals surface area contributed by atoms with Crippen molar-refractivity contribution in [2.24, 2.45) is 4.99 Å². The van der Waals surface area contributed by atoms with Crippen LogP contribution in [0.25, 0.3) is 11.3 Å². The molecule has 1 saturated carbocycles. The molecular weight excluding hydrogens is 468 g/mol. The highest BCUT2D eigenvalue weighted by atomic mass is 79.9. The molecule has 0 spiro atoms. The van der Waals surface area contributed by atoms with E-state index in [-0.39, 0.29) is 23.6 Å². The average Bonchev–Trinajstić information content (AvgIpc) is 3.11. The van der Waals surface area contributed by atoms with E-state index >= 15 is 0 Å². The molecule has 2 aromatic carbocycles. The Hall–Kier alpha value is -1.40. The molecule has 1 fully saturated rings. The molecule has 3 aromatic rings. The molecule has 1 aliphatic rings. The van der Waals surface area contributed by atoms with Gasteiger partial charge in [0.05, 0.1) is 18.0 Å². The maximum atomic E-state index is 9.58. The van der Waals surface area contributed by atoms with Gasteiger partial charge in [0.15, 0.2) is 4.80 Å². The highest BCUT2D eigenvalue weighted by Gasteiger charge is 2.16. The lowest BCUT2D eigenvalue weighted by Gasteiger charge is -2.22. The molecule has 0 radical (unpaired) electrons. The second kappa shape index (κ2) is 10.6. The zero-order chi connectivity index (χ0) is 19.3. The Balaban J connectivity index is 0.00000240. The minimum Gasteiger partial charge on any atom is -0.395 e.